The molecule has 0 bridgehead atoms. The highest BCUT2D eigenvalue weighted by atomic mass is 31.2. The number of hydrogen-bond donors (Lipinski definition) is 4. The summed E-state index contributed by atoms with van der Waals surface area (Å²) in [4.78, 5) is 58.4. The average Bonchev–Trinajstić information content (AvgIpc) is 1.75. The normalized spacial score (nSPS) is 15.4. The molecule has 95 heavy (non-hydrogen) atoms. The van der Waals surface area contributed by atoms with Crippen molar-refractivity contribution in [1.29, 1.82) is 0 Å². The van der Waals surface area contributed by atoms with E-state index in [0.717, 1.165) is 128 Å². The van der Waals surface area contributed by atoms with Crippen LogP contribution < -0.4 is 0 Å². The molecule has 18 heteroatoms. The predicted molar refractivity (Wildman–Crippen MR) is 389 cm³/mol. The summed E-state index contributed by atoms with van der Waals surface area (Å²) in [5, 5.41) is 20.6. The van der Waals surface area contributed by atoms with Crippen LogP contribution in [0.2, 0.25) is 0 Å². The van der Waals surface area contributed by atoms with Crippen molar-refractivity contribution in [2.24, 2.45) is 0 Å². The van der Waals surface area contributed by atoms with Crippen LogP contribution in [0.5, 0.6) is 0 Å². The first-order chi connectivity index (χ1) is 46.2. The molecule has 0 spiro atoms. The Morgan fingerprint density at radius 2 is 0.547 bits per heavy atom. The lowest BCUT2D eigenvalue weighted by atomic mass is 10.1. The molecule has 0 aromatic carbocycles. The van der Waals surface area contributed by atoms with Crippen LogP contribution in [0.4, 0.5) is 0 Å². The van der Waals surface area contributed by atoms with Gasteiger partial charge in [0, 0.05) is 19.3 Å². The Kier molecular flexibility index (Phi) is 63.9. The summed E-state index contributed by atoms with van der Waals surface area (Å²) in [7, 11) is -9.86. The highest BCUT2D eigenvalue weighted by molar-refractivity contribution is 7.47. The number of rotatable bonds is 62. The molecular formula is C77H118O16P2. The molecule has 5 unspecified atom stereocenters. The number of ether oxygens (including phenoxy) is 3. The van der Waals surface area contributed by atoms with E-state index in [1.165, 1.54) is 0 Å². The topological polar surface area (TPSA) is 231 Å². The number of hydrogen-bond acceptors (Lipinski definition) is 14. The van der Waals surface area contributed by atoms with Gasteiger partial charge in [-0.15, -0.1) is 0 Å². The molecule has 0 heterocycles. The first-order valence-electron chi connectivity index (χ1n) is 34.4. The Morgan fingerprint density at radius 3 is 0.895 bits per heavy atom. The molecule has 4 N–H and O–H groups in total. The fraction of sp³-hybridized carbons (Fsp3) is 0.519. The van der Waals surface area contributed by atoms with Crippen molar-refractivity contribution in [3.05, 3.63) is 207 Å². The van der Waals surface area contributed by atoms with Gasteiger partial charge in [0.1, 0.15) is 25.4 Å². The Labute approximate surface area is 571 Å². The van der Waals surface area contributed by atoms with Crippen LogP contribution in [0.15, 0.2) is 207 Å². The maximum Gasteiger partial charge on any atom is 0.472 e. The highest BCUT2D eigenvalue weighted by Crippen LogP contribution is 2.45. The molecule has 0 fully saturated rings. The van der Waals surface area contributed by atoms with Crippen LogP contribution in [0.1, 0.15) is 201 Å². The zero-order valence-electron chi connectivity index (χ0n) is 57.5. The van der Waals surface area contributed by atoms with Gasteiger partial charge in [-0.25, -0.2) is 9.13 Å². The number of carbonyl (C=O) groups is 3. The zero-order chi connectivity index (χ0) is 69.5. The van der Waals surface area contributed by atoms with E-state index in [0.29, 0.717) is 32.1 Å². The fourth-order valence-corrected chi connectivity index (χ4v) is 9.47. The summed E-state index contributed by atoms with van der Waals surface area (Å²) in [6, 6.07) is 0. The standard InChI is InChI=1S/C77H118O16P2/c1-4-7-10-13-16-19-22-25-28-31-34-35-38-40-42-45-48-51-54-57-60-63-75(80)87-66-72(78)67-89-94(83,84)90-68-73(79)69-91-95(85,86)92-71-74(93-77(82)65-62-59-56-53-50-47-44-41-37-33-30-27-24-21-18-15-12-9-6-3)70-88-76(81)64-61-58-55-52-49-46-43-39-36-32-29-26-23-20-17-14-11-8-5-2/h7-12,16-21,25-30,34-37,39-42,46-47,49-50,55-56,58-59,72-74,78-79H,4-6,13-15,22-24,31-33,38,43-45,48,51-54,57,60-71H2,1-3H3,(H,83,84)(H,85,86)/b10-7-,11-8-,12-9-,19-16-,20-17-,21-18-,28-25-,29-26-,30-27-,35-34-,39-36-,41-37-,42-40-,49-46-,50-47-,58-55-,59-56-. The van der Waals surface area contributed by atoms with Gasteiger partial charge >= 0.3 is 33.6 Å². The van der Waals surface area contributed by atoms with Crippen molar-refractivity contribution < 1.29 is 75.8 Å². The Balaban J connectivity index is 4.89. The summed E-state index contributed by atoms with van der Waals surface area (Å²) in [5.41, 5.74) is 0. The van der Waals surface area contributed by atoms with E-state index in [9.17, 15) is 43.5 Å². The third kappa shape index (κ3) is 69.3. The van der Waals surface area contributed by atoms with Gasteiger partial charge in [-0.3, -0.25) is 32.5 Å². The van der Waals surface area contributed by atoms with Crippen molar-refractivity contribution in [3.63, 3.8) is 0 Å². The number of esters is 3. The maximum absolute atomic E-state index is 12.9. The van der Waals surface area contributed by atoms with Crippen LogP contribution in [0, 0.1) is 0 Å². The first-order valence-corrected chi connectivity index (χ1v) is 37.4. The molecule has 0 rings (SSSR count). The van der Waals surface area contributed by atoms with Crippen LogP contribution in [-0.2, 0) is 55.8 Å². The molecule has 0 saturated carbocycles. The molecule has 0 aromatic rings. The van der Waals surface area contributed by atoms with Crippen LogP contribution in [-0.4, -0.2) is 95.9 Å². The average molecular weight is 1360 g/mol. The quantitative estimate of drug-likeness (QED) is 0.0146. The van der Waals surface area contributed by atoms with Gasteiger partial charge in [-0.2, -0.15) is 0 Å². The monoisotopic (exact) mass is 1360 g/mol. The number of phosphoric acid groups is 2. The number of aliphatic hydroxyl groups excluding tert-OH is 2. The summed E-state index contributed by atoms with van der Waals surface area (Å²) >= 11 is 0. The van der Waals surface area contributed by atoms with E-state index in [1.807, 2.05) is 36.5 Å². The predicted octanol–water partition coefficient (Wildman–Crippen LogP) is 19.4. The minimum Gasteiger partial charge on any atom is -0.463 e. The Bertz CT molecular complexity index is 2560. The second-order valence-electron chi connectivity index (χ2n) is 21.8. The molecule has 0 amide bonds. The van der Waals surface area contributed by atoms with Crippen molar-refractivity contribution >= 4 is 33.6 Å². The molecule has 0 aliphatic heterocycles. The number of aliphatic hydroxyl groups is 2. The van der Waals surface area contributed by atoms with Crippen molar-refractivity contribution in [2.45, 2.75) is 219 Å². The molecule has 532 valence electrons. The van der Waals surface area contributed by atoms with Gasteiger partial charge in [0.25, 0.3) is 0 Å². The van der Waals surface area contributed by atoms with Gasteiger partial charge in [-0.05, 0) is 141 Å². The minimum atomic E-state index is -4.98. The van der Waals surface area contributed by atoms with Crippen LogP contribution in [0.3, 0.4) is 0 Å². The highest BCUT2D eigenvalue weighted by Gasteiger charge is 2.29. The van der Waals surface area contributed by atoms with E-state index in [4.69, 9.17) is 32.3 Å². The smallest absolute Gasteiger partial charge is 0.463 e. The van der Waals surface area contributed by atoms with E-state index in [-0.39, 0.29) is 19.3 Å². The second-order valence-corrected chi connectivity index (χ2v) is 24.7. The molecule has 0 aliphatic carbocycles. The van der Waals surface area contributed by atoms with Crippen molar-refractivity contribution in [1.82, 2.24) is 0 Å². The zero-order valence-corrected chi connectivity index (χ0v) is 59.3. The van der Waals surface area contributed by atoms with Crippen LogP contribution in [0.25, 0.3) is 0 Å². The van der Waals surface area contributed by atoms with Gasteiger partial charge in [0.05, 0.1) is 26.4 Å². The fourth-order valence-electron chi connectivity index (χ4n) is 7.88. The van der Waals surface area contributed by atoms with Gasteiger partial charge in [-0.1, -0.05) is 247 Å². The third-order valence-corrected chi connectivity index (χ3v) is 14.9. The molecule has 0 saturated heterocycles. The largest absolute Gasteiger partial charge is 0.472 e. The first kappa shape index (κ1) is 89.1. The van der Waals surface area contributed by atoms with Gasteiger partial charge in [0.2, 0.25) is 0 Å². The maximum atomic E-state index is 12.9. The lowest BCUT2D eigenvalue weighted by Gasteiger charge is -2.21. The molecule has 0 aliphatic rings. The van der Waals surface area contributed by atoms with E-state index >= 15 is 0 Å². The Hall–Kier alpha value is -5.87. The summed E-state index contributed by atoms with van der Waals surface area (Å²) < 4.78 is 60.7. The molecule has 0 radical (unpaired) electrons. The summed E-state index contributed by atoms with van der Waals surface area (Å²) in [6.07, 6.45) is 89.1. The molecule has 5 atom stereocenters. The minimum absolute atomic E-state index is 0.0189. The number of carbonyl (C=O) groups excluding carboxylic acids is 3. The Morgan fingerprint density at radius 1 is 0.295 bits per heavy atom. The second kappa shape index (κ2) is 68.1. The lowest BCUT2D eigenvalue weighted by Crippen LogP contribution is -2.29. The molecule has 16 nitrogen and oxygen atoms in total. The summed E-state index contributed by atoms with van der Waals surface area (Å²) in [6.45, 7) is 2.07. The van der Waals surface area contributed by atoms with Gasteiger partial charge in [0.15, 0.2) is 6.10 Å². The molecular weight excluding hydrogens is 1240 g/mol. The van der Waals surface area contributed by atoms with Crippen LogP contribution >= 0.6 is 15.6 Å². The molecule has 0 aromatic heterocycles. The van der Waals surface area contributed by atoms with Gasteiger partial charge < -0.3 is 34.2 Å². The third-order valence-electron chi connectivity index (χ3n) is 13.0. The number of unbranched alkanes of at least 4 members (excludes halogenated alkanes) is 5. The summed E-state index contributed by atoms with van der Waals surface area (Å²) in [5.74, 6) is -1.82. The van der Waals surface area contributed by atoms with E-state index in [1.54, 1.807) is 0 Å². The van der Waals surface area contributed by atoms with E-state index in [2.05, 4.69) is 191 Å². The number of allylic oxidation sites excluding steroid dienone is 34. The van der Waals surface area contributed by atoms with E-state index < -0.39 is 91.5 Å². The number of phosphoric ester groups is 2. The van der Waals surface area contributed by atoms with Crippen molar-refractivity contribution in [3.8, 4) is 0 Å². The SMILES string of the molecule is CC/C=C\C/C=C\C/C=C\C/C=C\C/C=C\C/C=C\CCC(=O)OCC(COP(=O)(O)OCC(O)COP(=O)(O)OCC(O)COC(=O)CCCCCCC/C=C\C/C=C\C/C=C\C/C=C\C/C=C\CC)OC(=O)CC/C=C\C/C=C\C/C=C\C/C=C\C/C=C\C/C=C\CC. The lowest BCUT2D eigenvalue weighted by molar-refractivity contribution is -0.161. The van der Waals surface area contributed by atoms with Crippen molar-refractivity contribution in [2.75, 3.05) is 39.6 Å².